The lowest BCUT2D eigenvalue weighted by molar-refractivity contribution is 0.0921. The lowest BCUT2D eigenvalue weighted by Crippen LogP contribution is -2.36. The zero-order valence-electron chi connectivity index (χ0n) is 14.3. The number of carbonyl (C=O) groups excluding carboxylic acids is 2. The summed E-state index contributed by atoms with van der Waals surface area (Å²) in [6.45, 7) is 3.33. The molecule has 0 saturated carbocycles. The topological polar surface area (TPSA) is 98.1 Å². The minimum absolute atomic E-state index is 0.0399. The number of amides is 2. The molecule has 0 fully saturated rings. The van der Waals surface area contributed by atoms with Gasteiger partial charge >= 0.3 is 0 Å². The van der Waals surface area contributed by atoms with E-state index in [0.29, 0.717) is 37.4 Å². The van der Waals surface area contributed by atoms with E-state index >= 15 is 0 Å². The van der Waals surface area contributed by atoms with Crippen molar-refractivity contribution in [1.29, 1.82) is 0 Å². The molecular formula is C17H21N5O3. The van der Waals surface area contributed by atoms with Crippen LogP contribution in [0.5, 0.6) is 0 Å². The van der Waals surface area contributed by atoms with Crippen LogP contribution in [0.1, 0.15) is 32.2 Å². The fraction of sp³-hybridized carbons (Fsp3) is 0.412. The third-order valence-corrected chi connectivity index (χ3v) is 4.05. The SMILES string of the molecule is COCCNC(=O)c1cc2n(n1)CC(NC(=O)c1ccc(C)nc1)C2. The van der Waals surface area contributed by atoms with Crippen molar-refractivity contribution < 1.29 is 14.3 Å². The van der Waals surface area contributed by atoms with Crippen molar-refractivity contribution in [3.05, 3.63) is 47.0 Å². The summed E-state index contributed by atoms with van der Waals surface area (Å²) >= 11 is 0. The zero-order chi connectivity index (χ0) is 17.8. The van der Waals surface area contributed by atoms with E-state index in [0.717, 1.165) is 11.4 Å². The van der Waals surface area contributed by atoms with Crippen LogP contribution in [0.25, 0.3) is 0 Å². The van der Waals surface area contributed by atoms with Gasteiger partial charge in [0.05, 0.1) is 24.8 Å². The minimum atomic E-state index is -0.217. The number of rotatable bonds is 6. The van der Waals surface area contributed by atoms with Gasteiger partial charge in [0, 0.05) is 37.7 Å². The number of carbonyl (C=O) groups is 2. The summed E-state index contributed by atoms with van der Waals surface area (Å²) in [7, 11) is 1.58. The van der Waals surface area contributed by atoms with E-state index < -0.39 is 0 Å². The third-order valence-electron chi connectivity index (χ3n) is 4.05. The van der Waals surface area contributed by atoms with Crippen molar-refractivity contribution in [2.45, 2.75) is 25.9 Å². The monoisotopic (exact) mass is 343 g/mol. The quantitative estimate of drug-likeness (QED) is 0.736. The second kappa shape index (κ2) is 7.43. The number of pyridine rings is 1. The molecule has 25 heavy (non-hydrogen) atoms. The maximum atomic E-state index is 12.3. The van der Waals surface area contributed by atoms with E-state index in [-0.39, 0.29) is 17.9 Å². The fourth-order valence-corrected chi connectivity index (χ4v) is 2.74. The van der Waals surface area contributed by atoms with Crippen molar-refractivity contribution in [1.82, 2.24) is 25.4 Å². The van der Waals surface area contributed by atoms with Crippen LogP contribution in [0.4, 0.5) is 0 Å². The van der Waals surface area contributed by atoms with Gasteiger partial charge in [-0.25, -0.2) is 0 Å². The van der Waals surface area contributed by atoms with E-state index in [9.17, 15) is 9.59 Å². The summed E-state index contributed by atoms with van der Waals surface area (Å²) in [6, 6.07) is 5.29. The van der Waals surface area contributed by atoms with E-state index in [2.05, 4.69) is 20.7 Å². The van der Waals surface area contributed by atoms with Crippen LogP contribution >= 0.6 is 0 Å². The van der Waals surface area contributed by atoms with Gasteiger partial charge in [-0.05, 0) is 25.1 Å². The number of methoxy groups -OCH3 is 1. The van der Waals surface area contributed by atoms with Gasteiger partial charge in [0.1, 0.15) is 5.69 Å². The van der Waals surface area contributed by atoms with Gasteiger partial charge < -0.3 is 15.4 Å². The Kier molecular flexibility index (Phi) is 5.08. The van der Waals surface area contributed by atoms with Crippen molar-refractivity contribution >= 4 is 11.8 Å². The molecule has 8 nitrogen and oxygen atoms in total. The second-order valence-electron chi connectivity index (χ2n) is 6.01. The molecule has 1 atom stereocenters. The van der Waals surface area contributed by atoms with Crippen molar-refractivity contribution in [2.24, 2.45) is 0 Å². The summed E-state index contributed by atoms with van der Waals surface area (Å²) in [6.07, 6.45) is 2.21. The minimum Gasteiger partial charge on any atom is -0.383 e. The maximum absolute atomic E-state index is 12.3. The largest absolute Gasteiger partial charge is 0.383 e. The van der Waals surface area contributed by atoms with Crippen molar-refractivity contribution in [3.63, 3.8) is 0 Å². The standard InChI is InChI=1S/C17H21N5O3/c1-11-3-4-12(9-19-11)16(23)20-13-7-14-8-15(21-22(14)10-13)17(24)18-5-6-25-2/h3-4,8-9,13H,5-7,10H2,1-2H3,(H,18,24)(H,20,23). The molecule has 132 valence electrons. The molecule has 0 spiro atoms. The molecule has 0 saturated heterocycles. The van der Waals surface area contributed by atoms with Crippen molar-refractivity contribution in [2.75, 3.05) is 20.3 Å². The molecule has 3 heterocycles. The highest BCUT2D eigenvalue weighted by molar-refractivity contribution is 5.94. The summed E-state index contributed by atoms with van der Waals surface area (Å²) in [5.41, 5.74) is 2.73. The van der Waals surface area contributed by atoms with E-state index in [1.54, 1.807) is 30.1 Å². The molecule has 0 aliphatic carbocycles. The first-order chi connectivity index (χ1) is 12.1. The molecule has 1 unspecified atom stereocenters. The van der Waals surface area contributed by atoms with Gasteiger partial charge in [-0.3, -0.25) is 19.3 Å². The summed E-state index contributed by atoms with van der Waals surface area (Å²) in [4.78, 5) is 28.4. The van der Waals surface area contributed by atoms with Gasteiger partial charge in [-0.1, -0.05) is 0 Å². The molecule has 2 aromatic heterocycles. The summed E-state index contributed by atoms with van der Waals surface area (Å²) in [5.74, 6) is -0.369. The fourth-order valence-electron chi connectivity index (χ4n) is 2.74. The van der Waals surface area contributed by atoms with E-state index in [1.165, 1.54) is 0 Å². The number of hydrogen-bond acceptors (Lipinski definition) is 5. The van der Waals surface area contributed by atoms with Gasteiger partial charge in [-0.15, -0.1) is 0 Å². The highest BCUT2D eigenvalue weighted by atomic mass is 16.5. The Morgan fingerprint density at radius 3 is 2.88 bits per heavy atom. The predicted molar refractivity (Wildman–Crippen MR) is 90.4 cm³/mol. The molecule has 2 N–H and O–H groups in total. The first-order valence-electron chi connectivity index (χ1n) is 8.14. The molecule has 0 radical (unpaired) electrons. The lowest BCUT2D eigenvalue weighted by Gasteiger charge is -2.11. The normalized spacial score (nSPS) is 15.7. The van der Waals surface area contributed by atoms with Crippen LogP contribution in [-0.2, 0) is 17.7 Å². The zero-order valence-corrected chi connectivity index (χ0v) is 14.3. The van der Waals surface area contributed by atoms with Crippen LogP contribution < -0.4 is 10.6 Å². The van der Waals surface area contributed by atoms with E-state index in [4.69, 9.17) is 4.74 Å². The van der Waals surface area contributed by atoms with Crippen LogP contribution in [0.15, 0.2) is 24.4 Å². The number of aromatic nitrogens is 3. The van der Waals surface area contributed by atoms with Gasteiger partial charge in [0.25, 0.3) is 11.8 Å². The Hall–Kier alpha value is -2.74. The van der Waals surface area contributed by atoms with Gasteiger partial charge in [-0.2, -0.15) is 5.10 Å². The van der Waals surface area contributed by atoms with Gasteiger partial charge in [0.2, 0.25) is 0 Å². The molecule has 1 aliphatic rings. The Balaban J connectivity index is 1.55. The molecule has 8 heteroatoms. The number of nitrogens with one attached hydrogen (secondary N) is 2. The molecule has 0 bridgehead atoms. The number of fused-ring (bicyclic) bond motifs is 1. The summed E-state index contributed by atoms with van der Waals surface area (Å²) < 4.78 is 6.67. The number of ether oxygens (including phenoxy) is 1. The number of aryl methyl sites for hydroxylation is 1. The highest BCUT2D eigenvalue weighted by Crippen LogP contribution is 2.16. The number of hydrogen-bond donors (Lipinski definition) is 2. The molecule has 2 aromatic rings. The smallest absolute Gasteiger partial charge is 0.271 e. The van der Waals surface area contributed by atoms with Crippen LogP contribution in [0.2, 0.25) is 0 Å². The Bertz CT molecular complexity index is 746. The number of nitrogens with zero attached hydrogens (tertiary/aromatic N) is 3. The lowest BCUT2D eigenvalue weighted by atomic mass is 10.1. The molecule has 0 aromatic carbocycles. The highest BCUT2D eigenvalue weighted by Gasteiger charge is 2.26. The maximum Gasteiger partial charge on any atom is 0.271 e. The molecule has 3 rings (SSSR count). The Morgan fingerprint density at radius 2 is 2.20 bits per heavy atom. The van der Waals surface area contributed by atoms with Crippen LogP contribution in [0, 0.1) is 6.92 Å². The summed E-state index contributed by atoms with van der Waals surface area (Å²) in [5, 5.41) is 10.0. The Morgan fingerprint density at radius 1 is 1.36 bits per heavy atom. The van der Waals surface area contributed by atoms with Gasteiger partial charge in [0.15, 0.2) is 0 Å². The second-order valence-corrected chi connectivity index (χ2v) is 6.01. The average Bonchev–Trinajstić information content (AvgIpc) is 3.14. The first kappa shape index (κ1) is 17.1. The van der Waals surface area contributed by atoms with E-state index in [1.807, 2.05) is 13.0 Å². The van der Waals surface area contributed by atoms with Crippen LogP contribution in [0.3, 0.4) is 0 Å². The predicted octanol–water partition coefficient (Wildman–Crippen LogP) is 0.317. The average molecular weight is 343 g/mol. The molecule has 1 aliphatic heterocycles. The Labute approximate surface area is 145 Å². The third kappa shape index (κ3) is 4.03. The molecule has 2 amide bonds. The van der Waals surface area contributed by atoms with Crippen LogP contribution in [-0.4, -0.2) is 52.9 Å². The first-order valence-corrected chi connectivity index (χ1v) is 8.14. The van der Waals surface area contributed by atoms with Crippen molar-refractivity contribution in [3.8, 4) is 0 Å². The molecular weight excluding hydrogens is 322 g/mol.